The Kier molecular flexibility index (Phi) is 4.43. The molecule has 3 rings (SSSR count). The summed E-state index contributed by atoms with van der Waals surface area (Å²) in [4.78, 5) is 29.0. The Bertz CT molecular complexity index is 945. The fourth-order valence-corrected chi connectivity index (χ4v) is 2.68. The van der Waals surface area contributed by atoms with Gasteiger partial charge in [-0.2, -0.15) is 5.10 Å². The minimum absolute atomic E-state index is 0.314. The molecule has 0 saturated carbocycles. The number of para-hydroxylation sites is 1. The van der Waals surface area contributed by atoms with Crippen molar-refractivity contribution in [3.8, 4) is 5.69 Å². The second-order valence-corrected chi connectivity index (χ2v) is 5.79. The van der Waals surface area contributed by atoms with E-state index in [0.717, 1.165) is 11.3 Å². The van der Waals surface area contributed by atoms with E-state index in [2.05, 4.69) is 15.4 Å². The number of nitrogens with one attached hydrogen (secondary N) is 1. The van der Waals surface area contributed by atoms with Gasteiger partial charge in [-0.05, 0) is 50.6 Å². The standard InChI is InChI=1S/C19H18N4O2/c1-12-9-10-20-16(11-12)21-19(25)18(24)17-13(2)22-23(14(17)3)15-7-5-4-6-8-15/h4-11H,1-3H3,(H,20,21,25). The molecule has 3 aromatic rings. The predicted octanol–water partition coefficient (Wildman–Crippen LogP) is 3.01. The van der Waals surface area contributed by atoms with Crippen LogP contribution < -0.4 is 5.32 Å². The van der Waals surface area contributed by atoms with E-state index in [9.17, 15) is 9.59 Å². The zero-order valence-electron chi connectivity index (χ0n) is 14.3. The molecule has 0 fully saturated rings. The quantitative estimate of drug-likeness (QED) is 0.588. The molecule has 0 radical (unpaired) electrons. The third-order valence-electron chi connectivity index (χ3n) is 3.88. The number of aryl methyl sites for hydroxylation is 2. The summed E-state index contributed by atoms with van der Waals surface area (Å²) < 4.78 is 1.67. The molecule has 6 nitrogen and oxygen atoms in total. The summed E-state index contributed by atoms with van der Waals surface area (Å²) in [6, 6.07) is 13.0. The SMILES string of the molecule is Cc1ccnc(NC(=O)C(=O)c2c(C)nn(-c3ccccc3)c2C)c1. The lowest BCUT2D eigenvalue weighted by Gasteiger charge is -2.06. The number of anilines is 1. The number of pyridine rings is 1. The molecule has 0 atom stereocenters. The topological polar surface area (TPSA) is 76.9 Å². The van der Waals surface area contributed by atoms with Gasteiger partial charge in [0.2, 0.25) is 0 Å². The maximum Gasteiger partial charge on any atom is 0.298 e. The van der Waals surface area contributed by atoms with Crippen molar-refractivity contribution in [1.29, 1.82) is 0 Å². The Balaban J connectivity index is 1.90. The van der Waals surface area contributed by atoms with E-state index in [1.54, 1.807) is 30.8 Å². The summed E-state index contributed by atoms with van der Waals surface area (Å²) in [5.74, 6) is -0.999. The molecule has 2 aromatic heterocycles. The van der Waals surface area contributed by atoms with E-state index in [1.807, 2.05) is 43.3 Å². The summed E-state index contributed by atoms with van der Waals surface area (Å²) in [6.45, 7) is 5.38. The summed E-state index contributed by atoms with van der Waals surface area (Å²) in [5.41, 5.74) is 3.23. The minimum atomic E-state index is -0.725. The van der Waals surface area contributed by atoms with Crippen molar-refractivity contribution in [1.82, 2.24) is 14.8 Å². The molecule has 6 heteroatoms. The van der Waals surface area contributed by atoms with E-state index in [1.165, 1.54) is 0 Å². The van der Waals surface area contributed by atoms with Crippen LogP contribution in [0.25, 0.3) is 5.69 Å². The molecule has 0 aliphatic rings. The number of Topliss-reactive ketones (excluding diaryl/α,β-unsaturated/α-hetero) is 1. The number of ketones is 1. The normalized spacial score (nSPS) is 10.5. The maximum atomic E-state index is 12.6. The number of benzene rings is 1. The minimum Gasteiger partial charge on any atom is -0.304 e. The van der Waals surface area contributed by atoms with Gasteiger partial charge in [0.1, 0.15) is 5.82 Å². The number of nitrogens with zero attached hydrogens (tertiary/aromatic N) is 3. The first-order valence-electron chi connectivity index (χ1n) is 7.87. The number of hydrogen-bond acceptors (Lipinski definition) is 4. The van der Waals surface area contributed by atoms with Crippen LogP contribution in [0.15, 0.2) is 48.7 Å². The molecule has 2 heterocycles. The molecule has 1 N–H and O–H groups in total. The Hall–Kier alpha value is -3.28. The lowest BCUT2D eigenvalue weighted by atomic mass is 10.1. The summed E-state index contributed by atoms with van der Waals surface area (Å²) in [5, 5.41) is 6.95. The number of rotatable bonds is 4. The van der Waals surface area contributed by atoms with Gasteiger partial charge in [0.25, 0.3) is 11.7 Å². The van der Waals surface area contributed by atoms with Gasteiger partial charge in [0.05, 0.1) is 22.6 Å². The Morgan fingerprint density at radius 1 is 1.04 bits per heavy atom. The molecule has 1 aromatic carbocycles. The van der Waals surface area contributed by atoms with Gasteiger partial charge in [-0.15, -0.1) is 0 Å². The van der Waals surface area contributed by atoms with Crippen molar-refractivity contribution in [2.75, 3.05) is 5.32 Å². The van der Waals surface area contributed by atoms with Gasteiger partial charge >= 0.3 is 0 Å². The fourth-order valence-electron chi connectivity index (χ4n) is 2.68. The van der Waals surface area contributed by atoms with E-state index >= 15 is 0 Å². The van der Waals surface area contributed by atoms with Crippen LogP contribution in [-0.4, -0.2) is 26.5 Å². The highest BCUT2D eigenvalue weighted by Gasteiger charge is 2.25. The van der Waals surface area contributed by atoms with Crippen LogP contribution >= 0.6 is 0 Å². The zero-order chi connectivity index (χ0) is 18.0. The van der Waals surface area contributed by atoms with Gasteiger partial charge in [0.15, 0.2) is 0 Å². The van der Waals surface area contributed by atoms with Crippen LogP contribution in [0, 0.1) is 20.8 Å². The third kappa shape index (κ3) is 3.33. The molecule has 0 saturated heterocycles. The first-order valence-corrected chi connectivity index (χ1v) is 7.87. The smallest absolute Gasteiger partial charge is 0.298 e. The molecule has 25 heavy (non-hydrogen) atoms. The average Bonchev–Trinajstić information content (AvgIpc) is 2.89. The highest BCUT2D eigenvalue weighted by Crippen LogP contribution is 2.19. The van der Waals surface area contributed by atoms with Crippen LogP contribution in [0.1, 0.15) is 27.3 Å². The van der Waals surface area contributed by atoms with Crippen LogP contribution in [0.5, 0.6) is 0 Å². The molecule has 0 aliphatic heterocycles. The molecule has 0 spiro atoms. The lowest BCUT2D eigenvalue weighted by Crippen LogP contribution is -2.24. The second-order valence-electron chi connectivity index (χ2n) is 5.79. The first-order chi connectivity index (χ1) is 12.0. The van der Waals surface area contributed by atoms with Crippen molar-refractivity contribution >= 4 is 17.5 Å². The highest BCUT2D eigenvalue weighted by molar-refractivity contribution is 6.47. The molecule has 0 aliphatic carbocycles. The molecular weight excluding hydrogens is 316 g/mol. The predicted molar refractivity (Wildman–Crippen MR) is 95.0 cm³/mol. The van der Waals surface area contributed by atoms with E-state index < -0.39 is 11.7 Å². The molecule has 1 amide bonds. The summed E-state index contributed by atoms with van der Waals surface area (Å²) >= 11 is 0. The van der Waals surface area contributed by atoms with Crippen LogP contribution in [-0.2, 0) is 4.79 Å². The molecular formula is C19H18N4O2. The van der Waals surface area contributed by atoms with Crippen LogP contribution in [0.3, 0.4) is 0 Å². The second kappa shape index (κ2) is 6.68. The molecule has 0 bridgehead atoms. The Morgan fingerprint density at radius 3 is 2.44 bits per heavy atom. The lowest BCUT2D eigenvalue weighted by molar-refractivity contribution is -0.112. The Morgan fingerprint density at radius 2 is 1.76 bits per heavy atom. The van der Waals surface area contributed by atoms with Gasteiger partial charge in [-0.25, -0.2) is 9.67 Å². The first kappa shape index (κ1) is 16.6. The zero-order valence-corrected chi connectivity index (χ0v) is 14.3. The summed E-state index contributed by atoms with van der Waals surface area (Å²) in [7, 11) is 0. The van der Waals surface area contributed by atoms with Gasteiger partial charge in [0, 0.05) is 6.20 Å². The largest absolute Gasteiger partial charge is 0.304 e. The summed E-state index contributed by atoms with van der Waals surface area (Å²) in [6.07, 6.45) is 1.58. The number of hydrogen-bond donors (Lipinski definition) is 1. The fraction of sp³-hybridized carbons (Fsp3) is 0.158. The number of carbonyl (C=O) groups is 2. The van der Waals surface area contributed by atoms with E-state index in [4.69, 9.17) is 0 Å². The van der Waals surface area contributed by atoms with Crippen molar-refractivity contribution in [3.63, 3.8) is 0 Å². The van der Waals surface area contributed by atoms with Crippen molar-refractivity contribution in [2.45, 2.75) is 20.8 Å². The van der Waals surface area contributed by atoms with Crippen molar-refractivity contribution in [2.24, 2.45) is 0 Å². The average molecular weight is 334 g/mol. The maximum absolute atomic E-state index is 12.6. The van der Waals surface area contributed by atoms with Gasteiger partial charge in [-0.3, -0.25) is 9.59 Å². The Labute approximate surface area is 145 Å². The van der Waals surface area contributed by atoms with Gasteiger partial charge < -0.3 is 5.32 Å². The number of amides is 1. The number of carbonyl (C=O) groups excluding carboxylic acids is 2. The highest BCUT2D eigenvalue weighted by atomic mass is 16.2. The van der Waals surface area contributed by atoms with Gasteiger partial charge in [-0.1, -0.05) is 18.2 Å². The monoisotopic (exact) mass is 334 g/mol. The molecule has 0 unspecified atom stereocenters. The van der Waals surface area contributed by atoms with Crippen LogP contribution in [0.4, 0.5) is 5.82 Å². The van der Waals surface area contributed by atoms with Crippen molar-refractivity contribution in [3.05, 3.63) is 71.2 Å². The van der Waals surface area contributed by atoms with Crippen molar-refractivity contribution < 1.29 is 9.59 Å². The molecule has 126 valence electrons. The van der Waals surface area contributed by atoms with Crippen LogP contribution in [0.2, 0.25) is 0 Å². The third-order valence-corrected chi connectivity index (χ3v) is 3.88. The van der Waals surface area contributed by atoms with E-state index in [-0.39, 0.29) is 0 Å². The van der Waals surface area contributed by atoms with E-state index in [0.29, 0.717) is 22.8 Å². The number of aromatic nitrogens is 3.